The van der Waals surface area contributed by atoms with Gasteiger partial charge in [-0.25, -0.2) is 4.39 Å². The zero-order valence-electron chi connectivity index (χ0n) is 11.7. The van der Waals surface area contributed by atoms with E-state index in [1.54, 1.807) is 0 Å². The lowest BCUT2D eigenvalue weighted by molar-refractivity contribution is -0.152. The molecule has 0 atom stereocenters. The number of halogens is 2. The van der Waals surface area contributed by atoms with Crippen molar-refractivity contribution in [1.29, 1.82) is 0 Å². The van der Waals surface area contributed by atoms with Crippen LogP contribution in [0.3, 0.4) is 0 Å². The minimum absolute atomic E-state index is 0.0746. The maximum Gasteiger partial charge on any atom is 0.309 e. The molecule has 21 heavy (non-hydrogen) atoms. The van der Waals surface area contributed by atoms with Gasteiger partial charge in [-0.15, -0.1) is 0 Å². The predicted octanol–water partition coefficient (Wildman–Crippen LogP) is 3.20. The van der Waals surface area contributed by atoms with Crippen LogP contribution in [0.2, 0.25) is 5.02 Å². The molecule has 0 aliphatic carbocycles. The molecule has 0 radical (unpaired) electrons. The Hall–Kier alpha value is -1.62. The minimum Gasteiger partial charge on any atom is -0.481 e. The van der Waals surface area contributed by atoms with Crippen LogP contribution in [0.5, 0.6) is 0 Å². The molecule has 1 amide bonds. The Bertz CT molecular complexity index is 548. The lowest BCUT2D eigenvalue weighted by Gasteiger charge is -2.38. The number of amides is 1. The smallest absolute Gasteiger partial charge is 0.309 e. The number of benzene rings is 1. The summed E-state index contributed by atoms with van der Waals surface area (Å²) in [6.45, 7) is 2.42. The molecule has 114 valence electrons. The van der Waals surface area contributed by atoms with Gasteiger partial charge in [-0.3, -0.25) is 9.59 Å². The number of aliphatic carboxylic acids is 1. The molecule has 1 fully saturated rings. The van der Waals surface area contributed by atoms with Gasteiger partial charge in [0.2, 0.25) is 0 Å². The van der Waals surface area contributed by atoms with E-state index in [1.165, 1.54) is 23.1 Å². The molecule has 1 aliphatic heterocycles. The van der Waals surface area contributed by atoms with Gasteiger partial charge in [0.15, 0.2) is 0 Å². The normalized spacial score (nSPS) is 17.6. The summed E-state index contributed by atoms with van der Waals surface area (Å²) >= 11 is 5.90. The second kappa shape index (κ2) is 6.02. The Morgan fingerprint density at radius 2 is 2.00 bits per heavy atom. The van der Waals surface area contributed by atoms with Crippen molar-refractivity contribution in [3.8, 4) is 0 Å². The number of hydrogen-bond donors (Lipinski definition) is 1. The van der Waals surface area contributed by atoms with Crippen LogP contribution in [-0.4, -0.2) is 35.0 Å². The fourth-order valence-corrected chi connectivity index (χ4v) is 2.96. The highest BCUT2D eigenvalue weighted by Crippen LogP contribution is 2.36. The molecular weight excluding hydrogens is 297 g/mol. The molecule has 6 heteroatoms. The van der Waals surface area contributed by atoms with Gasteiger partial charge in [-0.2, -0.15) is 0 Å². The van der Waals surface area contributed by atoms with E-state index in [9.17, 15) is 19.1 Å². The molecule has 1 aromatic carbocycles. The number of carboxylic acid groups (broad SMARTS) is 1. The van der Waals surface area contributed by atoms with Gasteiger partial charge in [0.25, 0.3) is 5.91 Å². The van der Waals surface area contributed by atoms with Crippen LogP contribution >= 0.6 is 11.6 Å². The highest BCUT2D eigenvalue weighted by Gasteiger charge is 2.41. The zero-order chi connectivity index (χ0) is 15.6. The van der Waals surface area contributed by atoms with E-state index in [2.05, 4.69) is 0 Å². The lowest BCUT2D eigenvalue weighted by atomic mass is 9.76. The van der Waals surface area contributed by atoms with E-state index >= 15 is 0 Å². The first-order valence-electron chi connectivity index (χ1n) is 6.88. The molecule has 1 heterocycles. The van der Waals surface area contributed by atoms with Crippen molar-refractivity contribution in [2.75, 3.05) is 13.1 Å². The maximum atomic E-state index is 13.8. The quantitative estimate of drug-likeness (QED) is 0.932. The van der Waals surface area contributed by atoms with Crippen LogP contribution in [0.1, 0.15) is 36.5 Å². The van der Waals surface area contributed by atoms with E-state index in [0.717, 1.165) is 0 Å². The summed E-state index contributed by atoms with van der Waals surface area (Å²) in [5, 5.41) is 9.41. The highest BCUT2D eigenvalue weighted by molar-refractivity contribution is 6.33. The molecule has 1 saturated heterocycles. The Morgan fingerprint density at radius 1 is 1.38 bits per heavy atom. The minimum atomic E-state index is -0.832. The van der Waals surface area contributed by atoms with E-state index < -0.39 is 23.1 Å². The second-order valence-corrected chi connectivity index (χ2v) is 5.74. The molecule has 0 bridgehead atoms. The van der Waals surface area contributed by atoms with Gasteiger partial charge >= 0.3 is 5.97 Å². The molecule has 1 aliphatic rings. The standard InChI is InChI=1S/C15H17ClFNO3/c1-2-15(14(20)21)6-8-18(9-7-15)13(19)12-10(16)4-3-5-11(12)17/h3-5H,2,6-9H2,1H3,(H,20,21). The summed E-state index contributed by atoms with van der Waals surface area (Å²) in [4.78, 5) is 25.2. The molecule has 0 saturated carbocycles. The number of piperidine rings is 1. The fourth-order valence-electron chi connectivity index (χ4n) is 2.72. The van der Waals surface area contributed by atoms with Crippen molar-refractivity contribution in [3.63, 3.8) is 0 Å². The van der Waals surface area contributed by atoms with Crippen LogP contribution in [0.15, 0.2) is 18.2 Å². The Morgan fingerprint density at radius 3 is 2.48 bits per heavy atom. The van der Waals surface area contributed by atoms with Crippen LogP contribution < -0.4 is 0 Å². The summed E-state index contributed by atoms with van der Waals surface area (Å²) in [7, 11) is 0. The molecule has 1 N–H and O–H groups in total. The van der Waals surface area contributed by atoms with Crippen LogP contribution in [-0.2, 0) is 4.79 Å². The number of likely N-dealkylation sites (tertiary alicyclic amines) is 1. The van der Waals surface area contributed by atoms with Gasteiger partial charge in [0.1, 0.15) is 5.82 Å². The summed E-state index contributed by atoms with van der Waals surface area (Å²) in [5.41, 5.74) is -0.922. The molecule has 4 nitrogen and oxygen atoms in total. The van der Waals surface area contributed by atoms with Crippen molar-refractivity contribution >= 4 is 23.5 Å². The van der Waals surface area contributed by atoms with Crippen molar-refractivity contribution in [2.45, 2.75) is 26.2 Å². The summed E-state index contributed by atoms with van der Waals surface area (Å²) in [5.74, 6) is -1.97. The summed E-state index contributed by atoms with van der Waals surface area (Å²) in [6, 6.07) is 4.10. The molecular formula is C15H17ClFNO3. The van der Waals surface area contributed by atoms with Gasteiger partial charge in [-0.05, 0) is 31.4 Å². The third-order valence-corrected chi connectivity index (χ3v) is 4.63. The van der Waals surface area contributed by atoms with Crippen molar-refractivity contribution < 1.29 is 19.1 Å². The number of carbonyl (C=O) groups excluding carboxylic acids is 1. The Kier molecular flexibility index (Phi) is 4.52. The topological polar surface area (TPSA) is 57.6 Å². The molecule has 0 unspecified atom stereocenters. The molecule has 1 aromatic rings. The maximum absolute atomic E-state index is 13.8. The number of hydrogen-bond acceptors (Lipinski definition) is 2. The third-order valence-electron chi connectivity index (χ3n) is 4.31. The first-order valence-corrected chi connectivity index (χ1v) is 7.26. The number of carboxylic acids is 1. The average molecular weight is 314 g/mol. The average Bonchev–Trinajstić information content (AvgIpc) is 2.46. The molecule has 0 spiro atoms. The van der Waals surface area contributed by atoms with Crippen molar-refractivity contribution in [2.24, 2.45) is 5.41 Å². The van der Waals surface area contributed by atoms with Gasteiger partial charge < -0.3 is 10.0 Å². The summed E-state index contributed by atoms with van der Waals surface area (Å²) < 4.78 is 13.8. The zero-order valence-corrected chi connectivity index (χ0v) is 12.5. The number of nitrogens with zero attached hydrogens (tertiary/aromatic N) is 1. The third kappa shape index (κ3) is 2.88. The summed E-state index contributed by atoms with van der Waals surface area (Å²) in [6.07, 6.45) is 1.26. The Balaban J connectivity index is 2.16. The van der Waals surface area contributed by atoms with Crippen LogP contribution in [0.4, 0.5) is 4.39 Å². The van der Waals surface area contributed by atoms with Gasteiger partial charge in [0, 0.05) is 13.1 Å². The largest absolute Gasteiger partial charge is 0.481 e. The monoisotopic (exact) mass is 313 g/mol. The fraction of sp³-hybridized carbons (Fsp3) is 0.467. The Labute approximate surface area is 127 Å². The highest BCUT2D eigenvalue weighted by atomic mass is 35.5. The van der Waals surface area contributed by atoms with Crippen LogP contribution in [0.25, 0.3) is 0 Å². The van der Waals surface area contributed by atoms with E-state index in [0.29, 0.717) is 32.4 Å². The number of carbonyl (C=O) groups is 2. The lowest BCUT2D eigenvalue weighted by Crippen LogP contribution is -2.46. The number of rotatable bonds is 3. The van der Waals surface area contributed by atoms with Gasteiger partial charge in [-0.1, -0.05) is 24.6 Å². The second-order valence-electron chi connectivity index (χ2n) is 5.33. The van der Waals surface area contributed by atoms with Crippen LogP contribution in [0, 0.1) is 11.2 Å². The van der Waals surface area contributed by atoms with Gasteiger partial charge in [0.05, 0.1) is 16.0 Å². The van der Waals surface area contributed by atoms with Crippen molar-refractivity contribution in [1.82, 2.24) is 4.90 Å². The first kappa shape index (κ1) is 15.8. The SMILES string of the molecule is CCC1(C(=O)O)CCN(C(=O)c2c(F)cccc2Cl)CC1. The van der Waals surface area contributed by atoms with E-state index in [1.807, 2.05) is 6.92 Å². The molecule has 2 rings (SSSR count). The van der Waals surface area contributed by atoms with E-state index in [4.69, 9.17) is 11.6 Å². The predicted molar refractivity (Wildman–Crippen MR) is 76.9 cm³/mol. The van der Waals surface area contributed by atoms with Crippen molar-refractivity contribution in [3.05, 3.63) is 34.6 Å². The molecule has 0 aromatic heterocycles. The van der Waals surface area contributed by atoms with E-state index in [-0.39, 0.29) is 10.6 Å². The first-order chi connectivity index (χ1) is 9.91.